The smallest absolute Gasteiger partial charge is 0.191 e. The van der Waals surface area contributed by atoms with Crippen LogP contribution >= 0.6 is 34.9 Å². The van der Waals surface area contributed by atoms with Crippen LogP contribution in [0.25, 0.3) is 10.2 Å². The number of nitrogens with zero attached hydrogens (tertiary/aromatic N) is 5. The molecule has 0 saturated heterocycles. The highest BCUT2D eigenvalue weighted by Gasteiger charge is 2.15. The van der Waals surface area contributed by atoms with Crippen LogP contribution < -0.4 is 0 Å². The summed E-state index contributed by atoms with van der Waals surface area (Å²) in [4.78, 5) is 8.84. The van der Waals surface area contributed by atoms with Crippen molar-refractivity contribution in [1.29, 1.82) is 0 Å². The van der Waals surface area contributed by atoms with Gasteiger partial charge in [0.1, 0.15) is 5.82 Å². The second-order valence-corrected chi connectivity index (χ2v) is 10.5. The van der Waals surface area contributed by atoms with Crippen molar-refractivity contribution in [3.63, 3.8) is 0 Å². The fraction of sp³-hybridized carbons (Fsp3) is 0.167. The van der Waals surface area contributed by atoms with Gasteiger partial charge >= 0.3 is 0 Å². The van der Waals surface area contributed by atoms with Crippen LogP contribution in [0.2, 0.25) is 0 Å². The first-order chi connectivity index (χ1) is 15.8. The Labute approximate surface area is 199 Å². The van der Waals surface area contributed by atoms with E-state index in [4.69, 9.17) is 4.98 Å². The van der Waals surface area contributed by atoms with Gasteiger partial charge in [-0.15, -0.1) is 21.5 Å². The van der Waals surface area contributed by atoms with E-state index in [1.54, 1.807) is 34.9 Å². The van der Waals surface area contributed by atoms with E-state index < -0.39 is 0 Å². The van der Waals surface area contributed by atoms with Crippen LogP contribution in [0.1, 0.15) is 17.0 Å². The van der Waals surface area contributed by atoms with E-state index in [2.05, 4.69) is 74.3 Å². The fourth-order valence-electron chi connectivity index (χ4n) is 3.31. The minimum atomic E-state index is 0.741. The minimum absolute atomic E-state index is 0.741. The zero-order valence-corrected chi connectivity index (χ0v) is 19.7. The highest BCUT2D eigenvalue weighted by molar-refractivity contribution is 8.00. The summed E-state index contributed by atoms with van der Waals surface area (Å²) in [6.07, 6.45) is 4.66. The van der Waals surface area contributed by atoms with Gasteiger partial charge in [-0.05, 0) is 41.8 Å². The number of pyridine rings is 1. The highest BCUT2D eigenvalue weighted by atomic mass is 32.2. The van der Waals surface area contributed by atoms with Crippen molar-refractivity contribution in [3.8, 4) is 0 Å². The number of aryl methyl sites for hydroxylation is 1. The molecule has 3 aromatic heterocycles. The molecule has 0 atom stereocenters. The molecular weight excluding hydrogens is 455 g/mol. The van der Waals surface area contributed by atoms with Crippen LogP contribution in [-0.2, 0) is 18.7 Å². The Morgan fingerprint density at radius 3 is 2.47 bits per heavy atom. The number of fused-ring (bicyclic) bond motifs is 1. The van der Waals surface area contributed by atoms with Gasteiger partial charge in [-0.25, -0.2) is 4.98 Å². The Morgan fingerprint density at radius 2 is 1.62 bits per heavy atom. The summed E-state index contributed by atoms with van der Waals surface area (Å²) in [6, 6.07) is 22.9. The zero-order valence-electron chi connectivity index (χ0n) is 17.3. The van der Waals surface area contributed by atoms with Gasteiger partial charge < -0.3 is 4.57 Å². The SMILES string of the molecule is c1ccc(Cn2c(CSc3nc4ccccc4s3)nnc2SCCc2ccncc2)cc1. The molecule has 5 nitrogen and oxygen atoms in total. The van der Waals surface area contributed by atoms with E-state index in [1.165, 1.54) is 15.8 Å². The van der Waals surface area contributed by atoms with E-state index in [0.717, 1.165) is 45.3 Å². The van der Waals surface area contributed by atoms with Crippen LogP contribution in [-0.4, -0.2) is 30.5 Å². The first-order valence-electron chi connectivity index (χ1n) is 10.3. The molecular formula is C24H21N5S3. The van der Waals surface area contributed by atoms with E-state index >= 15 is 0 Å². The van der Waals surface area contributed by atoms with Crippen LogP contribution in [0, 0.1) is 0 Å². The quantitative estimate of drug-likeness (QED) is 0.245. The molecule has 3 heterocycles. The first-order valence-corrected chi connectivity index (χ1v) is 13.1. The normalized spacial score (nSPS) is 11.2. The lowest BCUT2D eigenvalue weighted by Gasteiger charge is -2.10. The summed E-state index contributed by atoms with van der Waals surface area (Å²) >= 11 is 5.21. The molecule has 0 unspecified atom stereocenters. The molecule has 0 amide bonds. The summed E-state index contributed by atoms with van der Waals surface area (Å²) in [5.41, 5.74) is 3.58. The number of benzene rings is 2. The van der Waals surface area contributed by atoms with E-state index in [-0.39, 0.29) is 0 Å². The molecule has 0 aliphatic heterocycles. The van der Waals surface area contributed by atoms with Gasteiger partial charge in [0.05, 0.1) is 22.5 Å². The topological polar surface area (TPSA) is 56.5 Å². The third-order valence-electron chi connectivity index (χ3n) is 4.95. The van der Waals surface area contributed by atoms with E-state index in [0.29, 0.717) is 0 Å². The molecule has 0 N–H and O–H groups in total. The summed E-state index contributed by atoms with van der Waals surface area (Å²) in [5, 5.41) is 10.0. The lowest BCUT2D eigenvalue weighted by molar-refractivity contribution is 0.685. The number of thiazole rings is 1. The number of thioether (sulfide) groups is 2. The van der Waals surface area contributed by atoms with Gasteiger partial charge in [-0.3, -0.25) is 4.98 Å². The van der Waals surface area contributed by atoms with Gasteiger partial charge in [0.15, 0.2) is 9.50 Å². The molecule has 5 rings (SSSR count). The lowest BCUT2D eigenvalue weighted by atomic mass is 10.2. The van der Waals surface area contributed by atoms with Crippen LogP contribution in [0.3, 0.4) is 0 Å². The Bertz CT molecular complexity index is 1250. The van der Waals surface area contributed by atoms with Gasteiger partial charge in [-0.1, -0.05) is 66.0 Å². The highest BCUT2D eigenvalue weighted by Crippen LogP contribution is 2.32. The van der Waals surface area contributed by atoms with E-state index in [1.807, 2.05) is 24.5 Å². The average Bonchev–Trinajstić information content (AvgIpc) is 3.43. The van der Waals surface area contributed by atoms with Crippen molar-refractivity contribution in [2.24, 2.45) is 0 Å². The molecule has 0 aliphatic rings. The van der Waals surface area contributed by atoms with Crippen LogP contribution in [0.4, 0.5) is 0 Å². The maximum atomic E-state index is 4.75. The van der Waals surface area contributed by atoms with Crippen molar-refractivity contribution in [2.45, 2.75) is 28.2 Å². The molecule has 2 aromatic carbocycles. The zero-order chi connectivity index (χ0) is 21.6. The fourth-order valence-corrected chi connectivity index (χ4v) is 6.26. The maximum Gasteiger partial charge on any atom is 0.191 e. The Morgan fingerprint density at radius 1 is 0.812 bits per heavy atom. The van der Waals surface area contributed by atoms with Crippen molar-refractivity contribution in [2.75, 3.05) is 5.75 Å². The molecule has 0 saturated carbocycles. The number of para-hydroxylation sites is 1. The third-order valence-corrected chi connectivity index (χ3v) is 8.09. The summed E-state index contributed by atoms with van der Waals surface area (Å²) in [6.45, 7) is 0.765. The molecule has 32 heavy (non-hydrogen) atoms. The van der Waals surface area contributed by atoms with Gasteiger partial charge in [0.25, 0.3) is 0 Å². The third kappa shape index (κ3) is 5.20. The lowest BCUT2D eigenvalue weighted by Crippen LogP contribution is -2.06. The molecule has 0 aliphatic carbocycles. The van der Waals surface area contributed by atoms with Crippen molar-refractivity contribution >= 4 is 45.1 Å². The van der Waals surface area contributed by atoms with Crippen LogP contribution in [0.15, 0.2) is 88.6 Å². The molecule has 0 radical (unpaired) electrons. The number of hydrogen-bond acceptors (Lipinski definition) is 7. The number of aromatic nitrogens is 5. The Balaban J connectivity index is 1.32. The second-order valence-electron chi connectivity index (χ2n) is 7.16. The number of hydrogen-bond donors (Lipinski definition) is 0. The monoisotopic (exact) mass is 475 g/mol. The number of rotatable bonds is 9. The van der Waals surface area contributed by atoms with Gasteiger partial charge in [-0.2, -0.15) is 0 Å². The molecule has 0 spiro atoms. The summed E-state index contributed by atoms with van der Waals surface area (Å²) in [5.74, 6) is 2.66. The van der Waals surface area contributed by atoms with Gasteiger partial charge in [0, 0.05) is 18.1 Å². The molecule has 8 heteroatoms. The Hall–Kier alpha value is -2.68. The largest absolute Gasteiger partial charge is 0.301 e. The average molecular weight is 476 g/mol. The molecule has 5 aromatic rings. The minimum Gasteiger partial charge on any atom is -0.301 e. The summed E-state index contributed by atoms with van der Waals surface area (Å²) in [7, 11) is 0. The van der Waals surface area contributed by atoms with Crippen molar-refractivity contribution in [1.82, 2.24) is 24.7 Å². The standard InChI is InChI=1S/C24H21N5S3/c1-2-6-19(7-3-1)16-29-22(17-31-24-26-20-8-4-5-9-21(20)32-24)27-28-23(29)30-15-12-18-10-13-25-14-11-18/h1-11,13-14H,12,15-17H2. The predicted molar refractivity (Wildman–Crippen MR) is 133 cm³/mol. The second kappa shape index (κ2) is 10.3. The van der Waals surface area contributed by atoms with Gasteiger partial charge in [0.2, 0.25) is 0 Å². The van der Waals surface area contributed by atoms with Crippen LogP contribution in [0.5, 0.6) is 0 Å². The predicted octanol–water partition coefficient (Wildman–Crippen LogP) is 5.96. The molecule has 0 bridgehead atoms. The van der Waals surface area contributed by atoms with E-state index in [9.17, 15) is 0 Å². The maximum absolute atomic E-state index is 4.75. The van der Waals surface area contributed by atoms with Crippen molar-refractivity contribution in [3.05, 3.63) is 96.1 Å². The molecule has 0 fully saturated rings. The summed E-state index contributed by atoms with van der Waals surface area (Å²) < 4.78 is 4.52. The Kier molecular flexibility index (Phi) is 6.81. The van der Waals surface area contributed by atoms with Crippen molar-refractivity contribution < 1.29 is 0 Å². The molecule has 160 valence electrons. The first kappa shape index (κ1) is 21.2.